The van der Waals surface area contributed by atoms with Crippen molar-refractivity contribution in [2.45, 2.75) is 51.4 Å². The highest BCUT2D eigenvalue weighted by Crippen LogP contribution is 2.56. The van der Waals surface area contributed by atoms with Crippen LogP contribution in [-0.2, 0) is 0 Å². The third-order valence-corrected chi connectivity index (χ3v) is 5.11. The summed E-state index contributed by atoms with van der Waals surface area (Å²) in [6.07, 6.45) is 15.7. The normalized spacial score (nSPS) is 35.6. The Bertz CT molecular complexity index is 267. The van der Waals surface area contributed by atoms with Gasteiger partial charge in [0.1, 0.15) is 0 Å². The predicted octanol–water partition coefficient (Wildman–Crippen LogP) is 4.97. The van der Waals surface area contributed by atoms with Crippen LogP contribution in [0.5, 0.6) is 0 Å². The van der Waals surface area contributed by atoms with E-state index in [4.69, 9.17) is 0 Å². The molecule has 2 rings (SSSR count). The largest absolute Gasteiger partial charge is 0.162 e. The zero-order valence-electron chi connectivity index (χ0n) is 10.3. The maximum Gasteiger partial charge on any atom is 0.0126 e. The zero-order valence-corrected chi connectivity index (χ0v) is 11.2. The summed E-state index contributed by atoms with van der Waals surface area (Å²) in [5.74, 6) is 2.75. The van der Waals surface area contributed by atoms with E-state index in [1.165, 1.54) is 62.9 Å². The van der Waals surface area contributed by atoms with E-state index in [2.05, 4.69) is 30.5 Å². The van der Waals surface area contributed by atoms with Crippen LogP contribution in [0, 0.1) is 5.41 Å². The Kier molecular flexibility index (Phi) is 4.57. The van der Waals surface area contributed by atoms with Gasteiger partial charge in [0.2, 0.25) is 0 Å². The van der Waals surface area contributed by atoms with Crippen LogP contribution in [0.15, 0.2) is 24.3 Å². The van der Waals surface area contributed by atoms with Crippen molar-refractivity contribution in [3.8, 4) is 0 Å². The molecular formula is C15H24S. The molecule has 1 unspecified atom stereocenters. The fraction of sp³-hybridized carbons (Fsp3) is 0.733. The van der Waals surface area contributed by atoms with Crippen molar-refractivity contribution in [2.75, 3.05) is 11.5 Å². The highest BCUT2D eigenvalue weighted by molar-refractivity contribution is 7.99. The lowest BCUT2D eigenvalue weighted by molar-refractivity contribution is 0.549. The van der Waals surface area contributed by atoms with Crippen molar-refractivity contribution in [1.29, 1.82) is 0 Å². The van der Waals surface area contributed by atoms with E-state index in [9.17, 15) is 0 Å². The second-order valence-electron chi connectivity index (χ2n) is 5.19. The van der Waals surface area contributed by atoms with Crippen LogP contribution >= 0.6 is 11.8 Å². The number of fused-ring (bicyclic) bond motifs is 1. The molecule has 0 aromatic rings. The first-order valence-corrected chi connectivity index (χ1v) is 7.94. The first-order valence-electron chi connectivity index (χ1n) is 6.78. The first kappa shape index (κ1) is 12.3. The molecule has 0 spiro atoms. The molecule has 0 nitrogen and oxygen atoms in total. The van der Waals surface area contributed by atoms with Crippen molar-refractivity contribution in [1.82, 2.24) is 0 Å². The van der Waals surface area contributed by atoms with Crippen LogP contribution in [-0.4, -0.2) is 11.5 Å². The van der Waals surface area contributed by atoms with Gasteiger partial charge in [0.15, 0.2) is 0 Å². The van der Waals surface area contributed by atoms with Crippen LogP contribution < -0.4 is 0 Å². The Morgan fingerprint density at radius 2 is 1.94 bits per heavy atom. The Morgan fingerprint density at radius 1 is 1.12 bits per heavy atom. The molecule has 0 amide bonds. The van der Waals surface area contributed by atoms with Gasteiger partial charge >= 0.3 is 0 Å². The van der Waals surface area contributed by atoms with Crippen LogP contribution in [0.4, 0.5) is 0 Å². The lowest BCUT2D eigenvalue weighted by Gasteiger charge is -2.08. The van der Waals surface area contributed by atoms with Gasteiger partial charge < -0.3 is 0 Å². The average Bonchev–Trinajstić information content (AvgIpc) is 2.99. The first-order chi connectivity index (χ1) is 7.87. The Labute approximate surface area is 105 Å². The van der Waals surface area contributed by atoms with E-state index in [0.29, 0.717) is 5.41 Å². The monoisotopic (exact) mass is 236 g/mol. The molecule has 0 N–H and O–H groups in total. The van der Waals surface area contributed by atoms with E-state index < -0.39 is 0 Å². The summed E-state index contributed by atoms with van der Waals surface area (Å²) in [7, 11) is 0. The fourth-order valence-electron chi connectivity index (χ4n) is 2.67. The van der Waals surface area contributed by atoms with E-state index in [0.717, 1.165) is 0 Å². The summed E-state index contributed by atoms with van der Waals surface area (Å²) in [6.45, 7) is 4.04. The number of hydrogen-bond donors (Lipinski definition) is 0. The summed E-state index contributed by atoms with van der Waals surface area (Å²) in [6, 6.07) is 0. The summed E-state index contributed by atoms with van der Waals surface area (Å²) in [5, 5.41) is 0. The van der Waals surface area contributed by atoms with Crippen molar-refractivity contribution >= 4 is 11.8 Å². The molecule has 0 aromatic heterocycles. The third kappa shape index (κ3) is 3.16. The topological polar surface area (TPSA) is 0 Å². The quantitative estimate of drug-likeness (QED) is 0.579. The molecule has 16 heavy (non-hydrogen) atoms. The zero-order chi connectivity index (χ0) is 11.3. The Morgan fingerprint density at radius 3 is 2.75 bits per heavy atom. The van der Waals surface area contributed by atoms with Gasteiger partial charge in [-0.15, -0.1) is 6.58 Å². The minimum Gasteiger partial charge on any atom is -0.162 e. The number of hydrogen-bond acceptors (Lipinski definition) is 1. The summed E-state index contributed by atoms with van der Waals surface area (Å²) >= 11 is 2.15. The highest BCUT2D eigenvalue weighted by Gasteiger charge is 2.44. The molecule has 1 saturated carbocycles. The highest BCUT2D eigenvalue weighted by atomic mass is 32.2. The average molecular weight is 236 g/mol. The van der Waals surface area contributed by atoms with E-state index in [1.54, 1.807) is 5.57 Å². The number of allylic oxidation sites excluding steroid dienone is 3. The second-order valence-corrected chi connectivity index (χ2v) is 6.41. The fourth-order valence-corrected chi connectivity index (χ4v) is 3.69. The predicted molar refractivity (Wildman–Crippen MR) is 75.0 cm³/mol. The van der Waals surface area contributed by atoms with Gasteiger partial charge in [0.05, 0.1) is 0 Å². The molecule has 0 saturated heterocycles. The van der Waals surface area contributed by atoms with Crippen LogP contribution in [0.25, 0.3) is 0 Å². The molecule has 1 heteroatoms. The van der Waals surface area contributed by atoms with Crippen LogP contribution in [0.2, 0.25) is 0 Å². The van der Waals surface area contributed by atoms with Gasteiger partial charge in [-0.3, -0.25) is 0 Å². The molecule has 1 aliphatic carbocycles. The molecule has 0 aromatic carbocycles. The molecule has 90 valence electrons. The van der Waals surface area contributed by atoms with Crippen molar-refractivity contribution in [3.63, 3.8) is 0 Å². The SMILES string of the molecule is C=CC12CCCCCSCCCC/C=C/1C2. The van der Waals surface area contributed by atoms with Crippen LogP contribution in [0.1, 0.15) is 51.4 Å². The maximum atomic E-state index is 4.04. The van der Waals surface area contributed by atoms with Crippen LogP contribution in [0.3, 0.4) is 0 Å². The van der Waals surface area contributed by atoms with Gasteiger partial charge in [-0.2, -0.15) is 11.8 Å². The molecule has 1 fully saturated rings. The van der Waals surface area contributed by atoms with Gasteiger partial charge in [-0.25, -0.2) is 0 Å². The number of rotatable bonds is 1. The van der Waals surface area contributed by atoms with E-state index in [-0.39, 0.29) is 0 Å². The lowest BCUT2D eigenvalue weighted by Crippen LogP contribution is -1.96. The minimum absolute atomic E-state index is 0.446. The lowest BCUT2D eigenvalue weighted by atomic mass is 9.97. The van der Waals surface area contributed by atoms with Crippen molar-refractivity contribution in [3.05, 3.63) is 24.3 Å². The van der Waals surface area contributed by atoms with E-state index in [1.807, 2.05) is 0 Å². The number of thioether (sulfide) groups is 1. The molecule has 1 atom stereocenters. The molecule has 1 heterocycles. The second kappa shape index (κ2) is 5.95. The molecular weight excluding hydrogens is 212 g/mol. The van der Waals surface area contributed by atoms with E-state index >= 15 is 0 Å². The van der Waals surface area contributed by atoms with Gasteiger partial charge in [0, 0.05) is 5.41 Å². The van der Waals surface area contributed by atoms with Gasteiger partial charge in [-0.1, -0.05) is 30.6 Å². The summed E-state index contributed by atoms with van der Waals surface area (Å²) in [4.78, 5) is 0. The van der Waals surface area contributed by atoms with Gasteiger partial charge in [-0.05, 0) is 50.0 Å². The summed E-state index contributed by atoms with van der Waals surface area (Å²) in [5.41, 5.74) is 2.13. The Balaban J connectivity index is 1.88. The molecule has 0 radical (unpaired) electrons. The molecule has 1 aliphatic heterocycles. The minimum atomic E-state index is 0.446. The van der Waals surface area contributed by atoms with Gasteiger partial charge in [0.25, 0.3) is 0 Å². The standard InChI is InChI=1S/C15H24S/c1-2-15-10-6-4-8-12-16-11-7-3-5-9-14(15)13-15/h2,9H,1,3-8,10-13H2/b14-9+. The van der Waals surface area contributed by atoms with Crippen molar-refractivity contribution < 1.29 is 0 Å². The summed E-state index contributed by atoms with van der Waals surface area (Å²) < 4.78 is 0. The maximum absolute atomic E-state index is 4.04. The molecule has 2 aliphatic rings. The van der Waals surface area contributed by atoms with Crippen molar-refractivity contribution in [2.24, 2.45) is 5.41 Å². The Hall–Kier alpha value is -0.170. The third-order valence-electron chi connectivity index (χ3n) is 3.96. The molecule has 0 bridgehead atoms. The smallest absolute Gasteiger partial charge is 0.0126 e.